The Morgan fingerprint density at radius 2 is 1.79 bits per heavy atom. The van der Waals surface area contributed by atoms with Gasteiger partial charge in [0, 0.05) is 25.1 Å². The summed E-state index contributed by atoms with van der Waals surface area (Å²) in [5.74, 6) is 1.17. The Hall–Kier alpha value is -3.02. The molecule has 0 radical (unpaired) electrons. The first-order chi connectivity index (χ1) is 13.5. The van der Waals surface area contributed by atoms with E-state index in [4.69, 9.17) is 9.47 Å². The number of methoxy groups -OCH3 is 1. The van der Waals surface area contributed by atoms with Gasteiger partial charge in [0.15, 0.2) is 11.5 Å². The van der Waals surface area contributed by atoms with Gasteiger partial charge in [-0.3, -0.25) is 9.59 Å². The van der Waals surface area contributed by atoms with Gasteiger partial charge in [0.25, 0.3) is 5.91 Å². The molecule has 2 amide bonds. The zero-order valence-corrected chi connectivity index (χ0v) is 16.7. The minimum atomic E-state index is -0.139. The van der Waals surface area contributed by atoms with E-state index >= 15 is 0 Å². The van der Waals surface area contributed by atoms with Crippen molar-refractivity contribution in [3.05, 3.63) is 59.2 Å². The van der Waals surface area contributed by atoms with Crippen molar-refractivity contribution in [3.8, 4) is 11.5 Å². The normalized spacial score (nSPS) is 10.2. The lowest BCUT2D eigenvalue weighted by Crippen LogP contribution is -2.34. The number of carbonyl (C=O) groups excluding carboxylic acids is 2. The molecular formula is C22H28N2O4. The number of amides is 2. The Kier molecular flexibility index (Phi) is 8.34. The van der Waals surface area contributed by atoms with Crippen LogP contribution in [-0.4, -0.2) is 38.6 Å². The predicted octanol–water partition coefficient (Wildman–Crippen LogP) is 2.88. The SMILES string of the molecule is CCOc1ccc(CCC(=O)NCCNC(=O)c2cccc(C)c2)cc1OC. The molecule has 0 aliphatic carbocycles. The first-order valence-corrected chi connectivity index (χ1v) is 9.44. The lowest BCUT2D eigenvalue weighted by molar-refractivity contribution is -0.121. The van der Waals surface area contributed by atoms with E-state index < -0.39 is 0 Å². The molecule has 150 valence electrons. The molecule has 2 N–H and O–H groups in total. The van der Waals surface area contributed by atoms with Crippen molar-refractivity contribution >= 4 is 11.8 Å². The van der Waals surface area contributed by atoms with Gasteiger partial charge in [-0.1, -0.05) is 23.8 Å². The summed E-state index contributed by atoms with van der Waals surface area (Å²) >= 11 is 0. The molecule has 0 spiro atoms. The molecule has 2 aromatic rings. The van der Waals surface area contributed by atoms with Crippen LogP contribution in [0.25, 0.3) is 0 Å². The average Bonchev–Trinajstić information content (AvgIpc) is 2.70. The van der Waals surface area contributed by atoms with Gasteiger partial charge in [-0.15, -0.1) is 0 Å². The fourth-order valence-corrected chi connectivity index (χ4v) is 2.75. The lowest BCUT2D eigenvalue weighted by atomic mass is 10.1. The van der Waals surface area contributed by atoms with Gasteiger partial charge in [-0.05, 0) is 50.1 Å². The summed E-state index contributed by atoms with van der Waals surface area (Å²) in [4.78, 5) is 24.1. The standard InChI is InChI=1S/C22H28N2O4/c1-4-28-19-10-8-17(15-20(19)27-3)9-11-21(25)23-12-13-24-22(26)18-7-5-6-16(2)14-18/h5-8,10,14-15H,4,9,11-13H2,1-3H3,(H,23,25)(H,24,26). The van der Waals surface area contributed by atoms with Crippen LogP contribution in [0.4, 0.5) is 0 Å². The van der Waals surface area contributed by atoms with Crippen molar-refractivity contribution in [2.45, 2.75) is 26.7 Å². The largest absolute Gasteiger partial charge is 0.493 e. The van der Waals surface area contributed by atoms with Gasteiger partial charge in [0.1, 0.15) is 0 Å². The minimum Gasteiger partial charge on any atom is -0.493 e. The number of hydrogen-bond acceptors (Lipinski definition) is 4. The van der Waals surface area contributed by atoms with Gasteiger partial charge in [0.05, 0.1) is 13.7 Å². The molecule has 0 aliphatic heterocycles. The third kappa shape index (κ3) is 6.61. The minimum absolute atomic E-state index is 0.0577. The number of hydrogen-bond donors (Lipinski definition) is 2. The highest BCUT2D eigenvalue weighted by Gasteiger charge is 2.08. The summed E-state index contributed by atoms with van der Waals surface area (Å²) in [6.07, 6.45) is 0.965. The number of ether oxygens (including phenoxy) is 2. The number of aryl methyl sites for hydroxylation is 2. The van der Waals surface area contributed by atoms with Crippen molar-refractivity contribution in [1.82, 2.24) is 10.6 Å². The second-order valence-corrected chi connectivity index (χ2v) is 6.39. The highest BCUT2D eigenvalue weighted by Crippen LogP contribution is 2.28. The molecule has 0 aromatic heterocycles. The Bertz CT molecular complexity index is 805. The molecule has 0 atom stereocenters. The summed E-state index contributed by atoms with van der Waals surface area (Å²) in [7, 11) is 1.60. The quantitative estimate of drug-likeness (QED) is 0.618. The Morgan fingerprint density at radius 3 is 2.50 bits per heavy atom. The van der Waals surface area contributed by atoms with Gasteiger partial charge >= 0.3 is 0 Å². The number of rotatable bonds is 10. The second-order valence-electron chi connectivity index (χ2n) is 6.39. The Balaban J connectivity index is 1.71. The molecule has 2 rings (SSSR count). The second kappa shape index (κ2) is 11.0. The molecule has 0 fully saturated rings. The van der Waals surface area contributed by atoms with Crippen LogP contribution in [0.3, 0.4) is 0 Å². The van der Waals surface area contributed by atoms with Crippen LogP contribution < -0.4 is 20.1 Å². The van der Waals surface area contributed by atoms with Crippen LogP contribution >= 0.6 is 0 Å². The molecule has 0 unspecified atom stereocenters. The summed E-state index contributed by atoms with van der Waals surface area (Å²) in [6, 6.07) is 13.1. The van der Waals surface area contributed by atoms with Crippen molar-refractivity contribution in [2.24, 2.45) is 0 Å². The number of nitrogens with one attached hydrogen (secondary N) is 2. The average molecular weight is 384 g/mol. The highest BCUT2D eigenvalue weighted by molar-refractivity contribution is 5.94. The van der Waals surface area contributed by atoms with Crippen molar-refractivity contribution < 1.29 is 19.1 Å². The molecular weight excluding hydrogens is 356 g/mol. The Morgan fingerprint density at radius 1 is 1.00 bits per heavy atom. The van der Waals surface area contributed by atoms with Crippen LogP contribution in [0.15, 0.2) is 42.5 Å². The van der Waals surface area contributed by atoms with Crippen LogP contribution in [-0.2, 0) is 11.2 Å². The van der Waals surface area contributed by atoms with E-state index in [1.165, 1.54) is 0 Å². The molecule has 0 heterocycles. The summed E-state index contributed by atoms with van der Waals surface area (Å²) in [6.45, 7) is 5.20. The first kappa shape index (κ1) is 21.3. The van der Waals surface area contributed by atoms with E-state index in [0.29, 0.717) is 49.6 Å². The van der Waals surface area contributed by atoms with Gasteiger partial charge in [-0.2, -0.15) is 0 Å². The fraction of sp³-hybridized carbons (Fsp3) is 0.364. The van der Waals surface area contributed by atoms with E-state index in [0.717, 1.165) is 11.1 Å². The highest BCUT2D eigenvalue weighted by atomic mass is 16.5. The van der Waals surface area contributed by atoms with Crippen LogP contribution in [0, 0.1) is 6.92 Å². The molecule has 0 saturated carbocycles. The molecule has 28 heavy (non-hydrogen) atoms. The smallest absolute Gasteiger partial charge is 0.251 e. The topological polar surface area (TPSA) is 76.7 Å². The molecule has 6 heteroatoms. The summed E-state index contributed by atoms with van der Waals surface area (Å²) in [5, 5.41) is 5.63. The lowest BCUT2D eigenvalue weighted by Gasteiger charge is -2.11. The van der Waals surface area contributed by atoms with Crippen molar-refractivity contribution in [1.29, 1.82) is 0 Å². The van der Waals surface area contributed by atoms with E-state index in [1.807, 2.05) is 50.2 Å². The van der Waals surface area contributed by atoms with Crippen molar-refractivity contribution in [3.63, 3.8) is 0 Å². The summed E-state index contributed by atoms with van der Waals surface area (Å²) < 4.78 is 10.8. The Labute approximate surface area is 166 Å². The third-order valence-electron chi connectivity index (χ3n) is 4.18. The van der Waals surface area contributed by atoms with Crippen LogP contribution in [0.1, 0.15) is 34.8 Å². The maximum atomic E-state index is 12.0. The predicted molar refractivity (Wildman–Crippen MR) is 109 cm³/mol. The molecule has 2 aromatic carbocycles. The molecule has 0 aliphatic rings. The van der Waals surface area contributed by atoms with E-state index in [-0.39, 0.29) is 11.8 Å². The zero-order valence-electron chi connectivity index (χ0n) is 16.7. The zero-order chi connectivity index (χ0) is 20.4. The molecule has 0 saturated heterocycles. The number of benzene rings is 2. The van der Waals surface area contributed by atoms with Crippen LogP contribution in [0.2, 0.25) is 0 Å². The van der Waals surface area contributed by atoms with Crippen LogP contribution in [0.5, 0.6) is 11.5 Å². The van der Waals surface area contributed by atoms with Gasteiger partial charge < -0.3 is 20.1 Å². The molecule has 0 bridgehead atoms. The van der Waals surface area contributed by atoms with E-state index in [2.05, 4.69) is 10.6 Å². The maximum absolute atomic E-state index is 12.0. The third-order valence-corrected chi connectivity index (χ3v) is 4.18. The van der Waals surface area contributed by atoms with Gasteiger partial charge in [-0.25, -0.2) is 0 Å². The fourth-order valence-electron chi connectivity index (χ4n) is 2.75. The maximum Gasteiger partial charge on any atom is 0.251 e. The van der Waals surface area contributed by atoms with Gasteiger partial charge in [0.2, 0.25) is 5.91 Å². The summed E-state index contributed by atoms with van der Waals surface area (Å²) in [5.41, 5.74) is 2.66. The molecule has 6 nitrogen and oxygen atoms in total. The monoisotopic (exact) mass is 384 g/mol. The number of carbonyl (C=O) groups is 2. The van der Waals surface area contributed by atoms with E-state index in [9.17, 15) is 9.59 Å². The van der Waals surface area contributed by atoms with Crippen molar-refractivity contribution in [2.75, 3.05) is 26.8 Å². The van der Waals surface area contributed by atoms with E-state index in [1.54, 1.807) is 13.2 Å². The first-order valence-electron chi connectivity index (χ1n) is 9.44.